The van der Waals surface area contributed by atoms with Gasteiger partial charge in [0.05, 0.1) is 0 Å². The number of likely N-dealkylation sites (tertiary alicyclic amines) is 1. The van der Waals surface area contributed by atoms with Gasteiger partial charge in [-0.25, -0.2) is 0 Å². The van der Waals surface area contributed by atoms with Crippen LogP contribution in [0.5, 0.6) is 0 Å². The van der Waals surface area contributed by atoms with Gasteiger partial charge in [-0.1, -0.05) is 11.6 Å². The molecule has 0 aromatic heterocycles. The van der Waals surface area contributed by atoms with Gasteiger partial charge in [-0.2, -0.15) is 0 Å². The van der Waals surface area contributed by atoms with E-state index in [4.69, 9.17) is 0 Å². The molecule has 1 aliphatic heterocycles. The Kier molecular flexibility index (Phi) is 5.44. The molecule has 0 aromatic rings. The quantitative estimate of drug-likeness (QED) is 0.774. The number of allylic oxidation sites excluding steroid dienone is 1. The largest absolute Gasteiger partial charge is 0.355 e. The monoisotopic (exact) mass is 264 g/mol. The van der Waals surface area contributed by atoms with Crippen LogP contribution >= 0.6 is 0 Å². The first-order valence-corrected chi connectivity index (χ1v) is 7.84. The van der Waals surface area contributed by atoms with Crippen molar-refractivity contribution in [2.75, 3.05) is 19.6 Å². The molecule has 108 valence electrons. The number of nitrogens with zero attached hydrogens (tertiary/aromatic N) is 1. The molecular formula is C16H28N2O. The highest BCUT2D eigenvalue weighted by Gasteiger charge is 2.24. The molecule has 0 saturated carbocycles. The summed E-state index contributed by atoms with van der Waals surface area (Å²) in [5.74, 6) is 0.864. The van der Waals surface area contributed by atoms with Gasteiger partial charge in [-0.3, -0.25) is 4.79 Å². The Morgan fingerprint density at radius 3 is 2.95 bits per heavy atom. The molecule has 3 heteroatoms. The number of hydrogen-bond acceptors (Lipinski definition) is 2. The minimum atomic E-state index is 0.219. The molecule has 1 aliphatic carbocycles. The van der Waals surface area contributed by atoms with Gasteiger partial charge in [0.25, 0.3) is 0 Å². The molecule has 1 fully saturated rings. The summed E-state index contributed by atoms with van der Waals surface area (Å²) in [7, 11) is 0. The maximum absolute atomic E-state index is 11.9. The molecule has 1 saturated heterocycles. The van der Waals surface area contributed by atoms with Crippen molar-refractivity contribution in [3.05, 3.63) is 11.6 Å². The van der Waals surface area contributed by atoms with E-state index in [0.717, 1.165) is 25.9 Å². The fraction of sp³-hybridized carbons (Fsp3) is 0.812. The molecule has 0 spiro atoms. The van der Waals surface area contributed by atoms with Gasteiger partial charge in [-0.15, -0.1) is 0 Å². The molecular weight excluding hydrogens is 236 g/mol. The van der Waals surface area contributed by atoms with Crippen LogP contribution in [-0.4, -0.2) is 36.5 Å². The maximum atomic E-state index is 11.9. The van der Waals surface area contributed by atoms with Crippen molar-refractivity contribution in [3.63, 3.8) is 0 Å². The lowest BCUT2D eigenvalue weighted by molar-refractivity contribution is -0.120. The van der Waals surface area contributed by atoms with E-state index in [1.165, 1.54) is 31.4 Å². The zero-order valence-corrected chi connectivity index (χ0v) is 12.5. The van der Waals surface area contributed by atoms with Crippen LogP contribution in [-0.2, 0) is 4.79 Å². The van der Waals surface area contributed by atoms with Crippen molar-refractivity contribution in [3.8, 4) is 0 Å². The fourth-order valence-electron chi connectivity index (χ4n) is 3.09. The topological polar surface area (TPSA) is 32.3 Å². The van der Waals surface area contributed by atoms with Crippen LogP contribution in [0.25, 0.3) is 0 Å². The summed E-state index contributed by atoms with van der Waals surface area (Å²) in [4.78, 5) is 14.4. The summed E-state index contributed by atoms with van der Waals surface area (Å²) in [6, 6.07) is 0.632. The molecule has 3 nitrogen and oxygen atoms in total. The van der Waals surface area contributed by atoms with Crippen LogP contribution in [0.1, 0.15) is 52.4 Å². The van der Waals surface area contributed by atoms with Gasteiger partial charge in [0, 0.05) is 25.6 Å². The molecule has 1 amide bonds. The zero-order valence-electron chi connectivity index (χ0n) is 12.5. The van der Waals surface area contributed by atoms with Crippen LogP contribution in [0.4, 0.5) is 0 Å². The summed E-state index contributed by atoms with van der Waals surface area (Å²) in [6.45, 7) is 7.67. The van der Waals surface area contributed by atoms with Gasteiger partial charge in [0.1, 0.15) is 0 Å². The van der Waals surface area contributed by atoms with E-state index in [-0.39, 0.29) is 5.91 Å². The predicted molar refractivity (Wildman–Crippen MR) is 79.0 cm³/mol. The van der Waals surface area contributed by atoms with E-state index in [9.17, 15) is 4.79 Å². The van der Waals surface area contributed by atoms with E-state index < -0.39 is 0 Å². The lowest BCUT2D eigenvalue weighted by Gasteiger charge is -2.20. The van der Waals surface area contributed by atoms with Crippen molar-refractivity contribution < 1.29 is 4.79 Å². The van der Waals surface area contributed by atoms with E-state index in [2.05, 4.69) is 30.1 Å². The molecule has 1 atom stereocenters. The highest BCUT2D eigenvalue weighted by atomic mass is 16.1. The summed E-state index contributed by atoms with van der Waals surface area (Å²) < 4.78 is 0. The second-order valence-electron chi connectivity index (χ2n) is 6.33. The molecule has 0 aromatic carbocycles. The highest BCUT2D eigenvalue weighted by Crippen LogP contribution is 2.20. The van der Waals surface area contributed by atoms with E-state index in [0.29, 0.717) is 18.4 Å². The van der Waals surface area contributed by atoms with Crippen molar-refractivity contribution >= 4 is 5.91 Å². The Morgan fingerprint density at radius 2 is 2.32 bits per heavy atom. The number of hydrogen-bond donors (Lipinski definition) is 1. The third kappa shape index (κ3) is 4.64. The Bertz CT molecular complexity index is 336. The second kappa shape index (κ2) is 7.09. The molecule has 1 N–H and O–H groups in total. The standard InChI is InChI=1S/C16H28N2O/c1-13(2)18-9-8-15(12-18)11-17-16(19)10-14-6-4-3-5-7-14/h6,13,15H,3-5,7-12H2,1-2H3,(H,17,19). The summed E-state index contributed by atoms with van der Waals surface area (Å²) in [6.07, 6.45) is 8.94. The Morgan fingerprint density at radius 1 is 1.47 bits per heavy atom. The average molecular weight is 264 g/mol. The third-order valence-electron chi connectivity index (χ3n) is 4.41. The minimum Gasteiger partial charge on any atom is -0.355 e. The number of nitrogens with one attached hydrogen (secondary N) is 1. The molecule has 0 radical (unpaired) electrons. The lowest BCUT2D eigenvalue weighted by atomic mass is 9.97. The number of rotatable bonds is 5. The van der Waals surface area contributed by atoms with Crippen molar-refractivity contribution in [1.29, 1.82) is 0 Å². The maximum Gasteiger partial charge on any atom is 0.224 e. The van der Waals surface area contributed by atoms with Crippen molar-refractivity contribution in [1.82, 2.24) is 10.2 Å². The van der Waals surface area contributed by atoms with Gasteiger partial charge in [0.15, 0.2) is 0 Å². The van der Waals surface area contributed by atoms with Crippen LogP contribution < -0.4 is 5.32 Å². The Hall–Kier alpha value is -0.830. The predicted octanol–water partition coefficient (Wildman–Crippen LogP) is 2.72. The lowest BCUT2D eigenvalue weighted by Crippen LogP contribution is -2.33. The Balaban J connectivity index is 1.65. The average Bonchev–Trinajstić information content (AvgIpc) is 2.86. The van der Waals surface area contributed by atoms with Gasteiger partial charge in [0.2, 0.25) is 5.91 Å². The highest BCUT2D eigenvalue weighted by molar-refractivity contribution is 5.78. The first-order valence-electron chi connectivity index (χ1n) is 7.84. The zero-order chi connectivity index (χ0) is 13.7. The molecule has 1 heterocycles. The normalized spacial score (nSPS) is 24.6. The van der Waals surface area contributed by atoms with Crippen molar-refractivity contribution in [2.45, 2.75) is 58.4 Å². The summed E-state index contributed by atoms with van der Waals surface area (Å²) in [5, 5.41) is 3.12. The van der Waals surface area contributed by atoms with Crippen LogP contribution in [0.3, 0.4) is 0 Å². The van der Waals surface area contributed by atoms with E-state index in [1.54, 1.807) is 0 Å². The third-order valence-corrected chi connectivity index (χ3v) is 4.41. The Labute approximate surface area is 117 Å². The fourth-order valence-corrected chi connectivity index (χ4v) is 3.09. The number of carbonyl (C=O) groups is 1. The van der Waals surface area contributed by atoms with Crippen LogP contribution in [0, 0.1) is 5.92 Å². The van der Waals surface area contributed by atoms with Gasteiger partial charge in [-0.05, 0) is 58.4 Å². The summed E-state index contributed by atoms with van der Waals surface area (Å²) in [5.41, 5.74) is 1.35. The smallest absolute Gasteiger partial charge is 0.224 e. The first kappa shape index (κ1) is 14.6. The number of amides is 1. The molecule has 2 rings (SSSR count). The molecule has 2 aliphatic rings. The van der Waals surface area contributed by atoms with Gasteiger partial charge < -0.3 is 10.2 Å². The molecule has 19 heavy (non-hydrogen) atoms. The summed E-state index contributed by atoms with van der Waals surface area (Å²) >= 11 is 0. The van der Waals surface area contributed by atoms with Crippen LogP contribution in [0.2, 0.25) is 0 Å². The van der Waals surface area contributed by atoms with E-state index >= 15 is 0 Å². The minimum absolute atomic E-state index is 0.219. The van der Waals surface area contributed by atoms with Crippen LogP contribution in [0.15, 0.2) is 11.6 Å². The molecule has 1 unspecified atom stereocenters. The first-order chi connectivity index (χ1) is 9.15. The van der Waals surface area contributed by atoms with E-state index in [1.807, 2.05) is 0 Å². The SMILES string of the molecule is CC(C)N1CCC(CNC(=O)CC2=CCCCC2)C1. The van der Waals surface area contributed by atoms with Crippen molar-refractivity contribution in [2.24, 2.45) is 5.92 Å². The van der Waals surface area contributed by atoms with Gasteiger partial charge >= 0.3 is 0 Å². The second-order valence-corrected chi connectivity index (χ2v) is 6.33. The number of carbonyl (C=O) groups excluding carboxylic acids is 1. The molecule has 0 bridgehead atoms.